The molecule has 0 atom stereocenters. The third kappa shape index (κ3) is 3.10. The molecular weight excluding hydrogens is 248 g/mol. The quantitative estimate of drug-likeness (QED) is 0.857. The Morgan fingerprint density at radius 3 is 2.76 bits per heavy atom. The Morgan fingerprint density at radius 1 is 1.18 bits per heavy atom. The summed E-state index contributed by atoms with van der Waals surface area (Å²) in [6, 6.07) is 4.78. The second-order valence-corrected chi connectivity index (χ2v) is 3.70. The van der Waals surface area contributed by atoms with E-state index < -0.39 is 11.6 Å². The van der Waals surface area contributed by atoms with Crippen molar-refractivity contribution in [2.24, 2.45) is 0 Å². The van der Waals surface area contributed by atoms with Crippen LogP contribution < -0.4 is 5.32 Å². The summed E-state index contributed by atoms with van der Waals surface area (Å²) in [5, 5.41) is 3.11. The largest absolute Gasteiger partial charge is 0.366 e. The second-order valence-electron chi connectivity index (χ2n) is 3.32. The molecule has 0 amide bonds. The topological polar surface area (TPSA) is 37.8 Å². The Morgan fingerprint density at radius 2 is 2.00 bits per heavy atom. The number of hydrogen-bond donors (Lipinski definition) is 1. The molecule has 2 aromatic rings. The van der Waals surface area contributed by atoms with Crippen LogP contribution in [0.5, 0.6) is 0 Å². The molecule has 17 heavy (non-hydrogen) atoms. The summed E-state index contributed by atoms with van der Waals surface area (Å²) in [6.45, 7) is 0.122. The number of rotatable bonds is 3. The molecule has 0 spiro atoms. The molecule has 0 radical (unpaired) electrons. The maximum absolute atomic E-state index is 13.3. The highest BCUT2D eigenvalue weighted by atomic mass is 35.5. The van der Waals surface area contributed by atoms with Crippen LogP contribution in [0.1, 0.15) is 5.56 Å². The molecular formula is C11H8ClF2N3. The van der Waals surface area contributed by atoms with Gasteiger partial charge in [0.15, 0.2) is 0 Å². The van der Waals surface area contributed by atoms with Crippen molar-refractivity contribution in [1.82, 2.24) is 9.97 Å². The first-order valence-electron chi connectivity index (χ1n) is 4.80. The minimum atomic E-state index is -0.482. The maximum Gasteiger partial charge on any atom is 0.134 e. The molecule has 1 N–H and O–H groups in total. The van der Waals surface area contributed by atoms with Crippen LogP contribution in [0.4, 0.5) is 14.6 Å². The molecule has 0 bridgehead atoms. The van der Waals surface area contributed by atoms with Crippen LogP contribution in [0.15, 0.2) is 30.6 Å². The predicted molar refractivity (Wildman–Crippen MR) is 60.7 cm³/mol. The zero-order chi connectivity index (χ0) is 12.3. The van der Waals surface area contributed by atoms with E-state index in [2.05, 4.69) is 15.3 Å². The van der Waals surface area contributed by atoms with Crippen molar-refractivity contribution in [1.29, 1.82) is 0 Å². The highest BCUT2D eigenvalue weighted by Gasteiger charge is 2.04. The first-order chi connectivity index (χ1) is 8.15. The maximum atomic E-state index is 13.3. The van der Waals surface area contributed by atoms with Crippen molar-refractivity contribution in [3.8, 4) is 0 Å². The van der Waals surface area contributed by atoms with Crippen molar-refractivity contribution >= 4 is 17.4 Å². The van der Waals surface area contributed by atoms with Crippen LogP contribution in [-0.4, -0.2) is 9.97 Å². The van der Waals surface area contributed by atoms with Crippen LogP contribution >= 0.6 is 11.6 Å². The molecule has 0 unspecified atom stereocenters. The molecule has 0 aliphatic heterocycles. The summed E-state index contributed by atoms with van der Waals surface area (Å²) in [5.41, 5.74) is 0.222. The first-order valence-corrected chi connectivity index (χ1v) is 5.18. The van der Waals surface area contributed by atoms with Crippen molar-refractivity contribution in [3.63, 3.8) is 0 Å². The van der Waals surface area contributed by atoms with Gasteiger partial charge in [-0.2, -0.15) is 0 Å². The number of nitrogens with zero attached hydrogens (tertiary/aromatic N) is 2. The van der Waals surface area contributed by atoms with E-state index in [0.717, 1.165) is 18.2 Å². The lowest BCUT2D eigenvalue weighted by atomic mass is 10.2. The van der Waals surface area contributed by atoms with Gasteiger partial charge in [0.05, 0.1) is 0 Å². The Balaban J connectivity index is 2.09. The van der Waals surface area contributed by atoms with Crippen LogP contribution in [-0.2, 0) is 6.54 Å². The van der Waals surface area contributed by atoms with Crippen LogP contribution in [0.25, 0.3) is 0 Å². The SMILES string of the molecule is Fc1ccc(F)c(CNc2cc(Cl)ncn2)c1. The van der Waals surface area contributed by atoms with Crippen LogP contribution in [0.3, 0.4) is 0 Å². The number of hydrogen-bond acceptors (Lipinski definition) is 3. The molecule has 6 heteroatoms. The summed E-state index contributed by atoms with van der Waals surface area (Å²) >= 11 is 5.66. The van der Waals surface area contributed by atoms with Crippen molar-refractivity contribution in [2.75, 3.05) is 5.32 Å². The van der Waals surface area contributed by atoms with Gasteiger partial charge in [-0.15, -0.1) is 0 Å². The van der Waals surface area contributed by atoms with E-state index in [1.807, 2.05) is 0 Å². The van der Waals surface area contributed by atoms with E-state index in [1.165, 1.54) is 12.4 Å². The van der Waals surface area contributed by atoms with Gasteiger partial charge in [0.2, 0.25) is 0 Å². The fraction of sp³-hybridized carbons (Fsp3) is 0.0909. The van der Waals surface area contributed by atoms with Gasteiger partial charge in [-0.1, -0.05) is 11.6 Å². The van der Waals surface area contributed by atoms with Gasteiger partial charge in [0.25, 0.3) is 0 Å². The van der Waals surface area contributed by atoms with Crippen molar-refractivity contribution < 1.29 is 8.78 Å². The smallest absolute Gasteiger partial charge is 0.134 e. The van der Waals surface area contributed by atoms with Gasteiger partial charge in [-0.3, -0.25) is 0 Å². The van der Waals surface area contributed by atoms with E-state index >= 15 is 0 Å². The van der Waals surface area contributed by atoms with E-state index in [0.29, 0.717) is 5.82 Å². The number of nitrogens with one attached hydrogen (secondary N) is 1. The monoisotopic (exact) mass is 255 g/mol. The normalized spacial score (nSPS) is 10.3. The van der Waals surface area contributed by atoms with Crippen LogP contribution in [0.2, 0.25) is 5.15 Å². The summed E-state index contributed by atoms with van der Waals surface area (Å²) < 4.78 is 26.2. The van der Waals surface area contributed by atoms with E-state index in [-0.39, 0.29) is 17.3 Å². The van der Waals surface area contributed by atoms with Gasteiger partial charge < -0.3 is 5.32 Å². The molecule has 0 aliphatic rings. The molecule has 0 saturated heterocycles. The molecule has 1 aromatic heterocycles. The third-order valence-corrected chi connectivity index (χ3v) is 2.31. The van der Waals surface area contributed by atoms with Gasteiger partial charge in [-0.05, 0) is 18.2 Å². The average Bonchev–Trinajstić information content (AvgIpc) is 2.30. The predicted octanol–water partition coefficient (Wildman–Crippen LogP) is 3.02. The zero-order valence-corrected chi connectivity index (χ0v) is 9.38. The fourth-order valence-electron chi connectivity index (χ4n) is 1.29. The standard InChI is InChI=1S/C11H8ClF2N3/c12-10-4-11(17-6-16-10)15-5-7-3-8(13)1-2-9(7)14/h1-4,6H,5H2,(H,15,16,17). The number of benzene rings is 1. The summed E-state index contributed by atoms with van der Waals surface area (Å²) in [4.78, 5) is 7.59. The number of anilines is 1. The molecule has 3 nitrogen and oxygen atoms in total. The average molecular weight is 256 g/mol. The molecule has 0 saturated carbocycles. The molecule has 2 rings (SSSR count). The summed E-state index contributed by atoms with van der Waals surface area (Å²) in [6.07, 6.45) is 1.28. The van der Waals surface area contributed by atoms with Crippen molar-refractivity contribution in [2.45, 2.75) is 6.54 Å². The molecule has 0 aliphatic carbocycles. The molecule has 1 aromatic carbocycles. The Bertz CT molecular complexity index is 534. The number of halogens is 3. The fourth-order valence-corrected chi connectivity index (χ4v) is 1.44. The van der Waals surface area contributed by atoms with Gasteiger partial charge in [0.1, 0.15) is 28.9 Å². The summed E-state index contributed by atoms with van der Waals surface area (Å²) in [7, 11) is 0. The zero-order valence-electron chi connectivity index (χ0n) is 8.62. The van der Waals surface area contributed by atoms with Gasteiger partial charge >= 0.3 is 0 Å². The minimum Gasteiger partial charge on any atom is -0.366 e. The van der Waals surface area contributed by atoms with Gasteiger partial charge in [0, 0.05) is 18.2 Å². The lowest BCUT2D eigenvalue weighted by Gasteiger charge is -2.06. The van der Waals surface area contributed by atoms with Crippen molar-refractivity contribution in [3.05, 3.63) is 52.9 Å². The van der Waals surface area contributed by atoms with Crippen LogP contribution in [0, 0.1) is 11.6 Å². The Kier molecular flexibility index (Phi) is 3.49. The molecule has 1 heterocycles. The van der Waals surface area contributed by atoms with E-state index in [9.17, 15) is 8.78 Å². The molecule has 0 fully saturated rings. The Labute approximate surface area is 101 Å². The Hall–Kier alpha value is -1.75. The minimum absolute atomic E-state index is 0.122. The lowest BCUT2D eigenvalue weighted by molar-refractivity contribution is 0.587. The van der Waals surface area contributed by atoms with Gasteiger partial charge in [-0.25, -0.2) is 18.7 Å². The number of aromatic nitrogens is 2. The molecule has 88 valence electrons. The first kappa shape index (κ1) is 11.7. The highest BCUT2D eigenvalue weighted by molar-refractivity contribution is 6.29. The second kappa shape index (κ2) is 5.05. The lowest BCUT2D eigenvalue weighted by Crippen LogP contribution is -2.04. The summed E-state index contributed by atoms with van der Waals surface area (Å²) in [5.74, 6) is -0.503. The third-order valence-electron chi connectivity index (χ3n) is 2.10. The van der Waals surface area contributed by atoms with E-state index in [1.54, 1.807) is 0 Å². The van der Waals surface area contributed by atoms with E-state index in [4.69, 9.17) is 11.6 Å². The highest BCUT2D eigenvalue weighted by Crippen LogP contribution is 2.13.